The first-order chi connectivity index (χ1) is 5.59. The second-order valence-corrected chi connectivity index (χ2v) is 1.54. The Bertz CT molecular complexity index is 129. The van der Waals surface area contributed by atoms with Crippen LogP contribution in [0.3, 0.4) is 0 Å². The maximum atomic E-state index is 11.1. The first-order valence-corrected chi connectivity index (χ1v) is 2.52. The Morgan fingerprint density at radius 1 is 1.07 bits per heavy atom. The molecule has 14 heavy (non-hydrogen) atoms. The van der Waals surface area contributed by atoms with Gasteiger partial charge in [0.2, 0.25) is 0 Å². The summed E-state index contributed by atoms with van der Waals surface area (Å²) in [7, 11) is -2.17. The summed E-state index contributed by atoms with van der Waals surface area (Å²) in [5, 5.41) is 21.5. The largest absolute Gasteiger partial charge is 1.00 e. The summed E-state index contributed by atoms with van der Waals surface area (Å²) < 4.78 is 65.1. The smallest absolute Gasteiger partial charge is 0.418 e. The van der Waals surface area contributed by atoms with Crippen LogP contribution in [0.5, 0.6) is 0 Å². The van der Waals surface area contributed by atoms with Crippen LogP contribution in [0, 0.1) is 6.43 Å². The van der Waals surface area contributed by atoms with Gasteiger partial charge < -0.3 is 23.9 Å². The van der Waals surface area contributed by atoms with Crippen LogP contribution in [0.1, 0.15) is 0 Å². The Morgan fingerprint density at radius 2 is 1.29 bits per heavy atom. The van der Waals surface area contributed by atoms with Crippen molar-refractivity contribution in [2.75, 3.05) is 0 Å². The number of alkyl halides is 4. The Labute approximate surface area is 118 Å². The third kappa shape index (κ3) is 15.6. The van der Waals surface area contributed by atoms with Crippen LogP contribution in [0.15, 0.2) is 0 Å². The van der Waals surface area contributed by atoms with E-state index in [1.54, 1.807) is 0 Å². The van der Waals surface area contributed by atoms with E-state index in [-0.39, 0.29) is 51.4 Å². The summed E-state index contributed by atoms with van der Waals surface area (Å²) >= 11 is 0. The Morgan fingerprint density at radius 3 is 1.29 bits per heavy atom. The maximum Gasteiger partial charge on any atom is 1.00 e. The van der Waals surface area contributed by atoms with E-state index in [1.807, 2.05) is 0 Å². The Balaban J connectivity index is -0.000000209. The van der Waals surface area contributed by atoms with Crippen molar-refractivity contribution in [3.63, 3.8) is 0 Å². The molecule has 3 nitrogen and oxygen atoms in total. The molecule has 0 radical (unpaired) electrons. The van der Waals surface area contributed by atoms with E-state index in [0.717, 1.165) is 0 Å². The van der Waals surface area contributed by atoms with E-state index in [9.17, 15) is 26.3 Å². The number of halogens is 6. The van der Waals surface area contributed by atoms with Crippen LogP contribution in [-0.4, -0.2) is 34.7 Å². The number of hydrogen-bond donors (Lipinski definition) is 3. The average molecular weight is 252 g/mol. The molecule has 1 unspecified atom stereocenters. The minimum absolute atomic E-state index is 0. The molecule has 3 N–H and O–H groups in total. The van der Waals surface area contributed by atoms with Crippen molar-refractivity contribution in [3.05, 3.63) is 6.43 Å². The summed E-state index contributed by atoms with van der Waals surface area (Å²) in [6.45, 7) is 0. The molecule has 0 rings (SSSR count). The Kier molecular flexibility index (Phi) is 13.8. The van der Waals surface area contributed by atoms with Gasteiger partial charge in [-0.05, 0) is 0 Å². The topological polar surface area (TPSA) is 60.7 Å². The first kappa shape index (κ1) is 20.6. The summed E-state index contributed by atoms with van der Waals surface area (Å²) in [4.78, 5) is 0. The minimum atomic E-state index is -5.47. The SMILES string of the molecule is F[C-](F)C(F)C(F)(F)F.OB(O)O.[K+]. The van der Waals surface area contributed by atoms with Crippen molar-refractivity contribution < 1.29 is 92.8 Å². The van der Waals surface area contributed by atoms with Gasteiger partial charge in [0, 0.05) is 6.43 Å². The van der Waals surface area contributed by atoms with Crippen LogP contribution >= 0.6 is 0 Å². The van der Waals surface area contributed by atoms with E-state index in [1.165, 1.54) is 0 Å². The van der Waals surface area contributed by atoms with Gasteiger partial charge in [-0.2, -0.15) is 13.2 Å². The second kappa shape index (κ2) is 9.39. The van der Waals surface area contributed by atoms with Gasteiger partial charge in [0.15, 0.2) is 0 Å². The summed E-state index contributed by atoms with van der Waals surface area (Å²) in [5.74, 6) is 0. The first-order valence-electron chi connectivity index (χ1n) is 2.52. The zero-order valence-corrected chi connectivity index (χ0v) is 9.89. The third-order valence-corrected chi connectivity index (χ3v) is 0.479. The van der Waals surface area contributed by atoms with E-state index in [2.05, 4.69) is 0 Å². The summed E-state index contributed by atoms with van der Waals surface area (Å²) in [6.07, 6.45) is -12.8. The molecule has 0 heterocycles. The molecule has 0 aromatic carbocycles. The summed E-state index contributed by atoms with van der Waals surface area (Å²) in [5.41, 5.74) is 0. The summed E-state index contributed by atoms with van der Waals surface area (Å²) in [6, 6.07) is 0. The molecular formula is C3H4BF6KO3. The predicted octanol–water partition coefficient (Wildman–Crippen LogP) is -2.73. The van der Waals surface area contributed by atoms with Gasteiger partial charge in [-0.1, -0.05) is 0 Å². The van der Waals surface area contributed by atoms with Gasteiger partial charge in [0.25, 0.3) is 0 Å². The molecule has 1 atom stereocenters. The fourth-order valence-electron chi connectivity index (χ4n) is 0.124. The van der Waals surface area contributed by atoms with Crippen LogP contribution < -0.4 is 51.4 Å². The molecule has 0 amide bonds. The van der Waals surface area contributed by atoms with Gasteiger partial charge >= 0.3 is 64.9 Å². The standard InChI is InChI=1S/C3HF6.BH3O3.K/c4-1(2(5)6)3(7,8)9;2-1(3)4;/h1H;2-4H;/q-1;;+1. The van der Waals surface area contributed by atoms with Crippen molar-refractivity contribution in [1.29, 1.82) is 0 Å². The maximum absolute atomic E-state index is 11.1. The molecule has 0 fully saturated rings. The van der Waals surface area contributed by atoms with Crippen molar-refractivity contribution in [2.45, 2.75) is 12.3 Å². The fourth-order valence-corrected chi connectivity index (χ4v) is 0.124. The molecule has 80 valence electrons. The molecule has 0 bridgehead atoms. The molecule has 0 aliphatic carbocycles. The van der Waals surface area contributed by atoms with Gasteiger partial charge in [0.1, 0.15) is 6.17 Å². The molecule has 0 saturated carbocycles. The van der Waals surface area contributed by atoms with Crippen molar-refractivity contribution in [1.82, 2.24) is 0 Å². The van der Waals surface area contributed by atoms with E-state index in [0.29, 0.717) is 0 Å². The van der Waals surface area contributed by atoms with Gasteiger partial charge in [-0.15, -0.1) is 0 Å². The molecule has 0 aromatic heterocycles. The van der Waals surface area contributed by atoms with Crippen LogP contribution in [0.2, 0.25) is 0 Å². The fraction of sp³-hybridized carbons (Fsp3) is 0.667. The molecule has 11 heteroatoms. The van der Waals surface area contributed by atoms with Crippen molar-refractivity contribution in [2.24, 2.45) is 0 Å². The minimum Gasteiger partial charge on any atom is -0.418 e. The Hall–Kier alpha value is 1.16. The van der Waals surface area contributed by atoms with Crippen LogP contribution in [-0.2, 0) is 0 Å². The van der Waals surface area contributed by atoms with E-state index >= 15 is 0 Å². The zero-order valence-electron chi connectivity index (χ0n) is 6.76. The van der Waals surface area contributed by atoms with Crippen LogP contribution in [0.25, 0.3) is 0 Å². The van der Waals surface area contributed by atoms with Crippen molar-refractivity contribution >= 4 is 7.32 Å². The van der Waals surface area contributed by atoms with Gasteiger partial charge in [0.05, 0.1) is 0 Å². The predicted molar refractivity (Wildman–Crippen MR) is 28.8 cm³/mol. The molecule has 0 aliphatic rings. The number of rotatable bonds is 1. The van der Waals surface area contributed by atoms with Crippen molar-refractivity contribution in [3.8, 4) is 0 Å². The normalized spacial score (nSPS) is 12.4. The third-order valence-electron chi connectivity index (χ3n) is 0.479. The second-order valence-electron chi connectivity index (χ2n) is 1.54. The molecular weight excluding hydrogens is 248 g/mol. The molecule has 0 saturated heterocycles. The molecule has 0 aliphatic heterocycles. The quantitative estimate of drug-likeness (QED) is 0.270. The van der Waals surface area contributed by atoms with Gasteiger partial charge in [-0.3, -0.25) is 4.39 Å². The average Bonchev–Trinajstić information content (AvgIpc) is 1.82. The molecule has 0 aromatic rings. The molecule has 0 spiro atoms. The zero-order chi connectivity index (χ0) is 11.2. The van der Waals surface area contributed by atoms with Crippen LogP contribution in [0.4, 0.5) is 26.3 Å². The monoisotopic (exact) mass is 252 g/mol. The van der Waals surface area contributed by atoms with Gasteiger partial charge in [-0.25, -0.2) is 0 Å². The van der Waals surface area contributed by atoms with E-state index < -0.39 is 26.1 Å². The van der Waals surface area contributed by atoms with E-state index in [4.69, 9.17) is 15.1 Å². The number of hydrogen-bond acceptors (Lipinski definition) is 3.